The fourth-order valence-electron chi connectivity index (χ4n) is 2.99. The zero-order chi connectivity index (χ0) is 18.5. The van der Waals surface area contributed by atoms with Gasteiger partial charge in [-0.25, -0.2) is 14.2 Å². The van der Waals surface area contributed by atoms with Gasteiger partial charge in [-0.3, -0.25) is 10.2 Å². The van der Waals surface area contributed by atoms with Gasteiger partial charge in [0.1, 0.15) is 11.6 Å². The zero-order valence-corrected chi connectivity index (χ0v) is 14.9. The minimum absolute atomic E-state index is 0.00662. The molecule has 0 bridgehead atoms. The number of benzene rings is 1. The second kappa shape index (κ2) is 8.44. The predicted molar refractivity (Wildman–Crippen MR) is 97.6 cm³/mol. The summed E-state index contributed by atoms with van der Waals surface area (Å²) in [7, 11) is 0. The maximum atomic E-state index is 12.9. The molecule has 0 radical (unpaired) electrons. The lowest BCUT2D eigenvalue weighted by atomic mass is 10.1. The first-order valence-corrected chi connectivity index (χ1v) is 8.72. The number of hydrogen-bond donors (Lipinski definition) is 2. The first-order chi connectivity index (χ1) is 12.6. The molecule has 0 aliphatic carbocycles. The third-order valence-corrected chi connectivity index (χ3v) is 4.68. The van der Waals surface area contributed by atoms with Crippen LogP contribution >= 0.6 is 11.6 Å². The minimum atomic E-state index is -0.450. The maximum absolute atomic E-state index is 12.9. The normalized spacial score (nSPS) is 16.3. The van der Waals surface area contributed by atoms with E-state index < -0.39 is 5.82 Å². The molecule has 2 amide bonds. The predicted octanol–water partition coefficient (Wildman–Crippen LogP) is 2.76. The van der Waals surface area contributed by atoms with Gasteiger partial charge in [-0.15, -0.1) is 0 Å². The molecule has 0 unspecified atom stereocenters. The molecule has 1 aliphatic rings. The number of carbonyl (C=O) groups is 1. The Morgan fingerprint density at radius 2 is 1.88 bits per heavy atom. The molecular formula is C18H20ClFN4O2. The third-order valence-electron chi connectivity index (χ3n) is 4.43. The smallest absolute Gasteiger partial charge is 0.323 e. The van der Waals surface area contributed by atoms with E-state index in [1.165, 1.54) is 12.1 Å². The van der Waals surface area contributed by atoms with Gasteiger partial charge in [0, 0.05) is 31.2 Å². The van der Waals surface area contributed by atoms with Crippen molar-refractivity contribution in [3.8, 4) is 0 Å². The lowest BCUT2D eigenvalue weighted by Gasteiger charge is -2.38. The molecular weight excluding hydrogens is 359 g/mol. The van der Waals surface area contributed by atoms with Crippen molar-refractivity contribution < 1.29 is 14.3 Å². The second-order valence-electron chi connectivity index (χ2n) is 6.06. The van der Waals surface area contributed by atoms with Gasteiger partial charge in [-0.2, -0.15) is 0 Å². The van der Waals surface area contributed by atoms with E-state index in [0.29, 0.717) is 37.0 Å². The SMILES string of the molecule is O=C(Nc1ccc(F)cn1)N1CCN([C@@H](CO)c2ccc(Cl)cc2)CC1. The number of nitrogens with one attached hydrogen (secondary N) is 1. The van der Waals surface area contributed by atoms with E-state index in [1.54, 1.807) is 17.0 Å². The summed E-state index contributed by atoms with van der Waals surface area (Å²) in [6.45, 7) is 2.32. The first-order valence-electron chi connectivity index (χ1n) is 8.34. The lowest BCUT2D eigenvalue weighted by molar-refractivity contribution is 0.0783. The Morgan fingerprint density at radius 1 is 1.19 bits per heavy atom. The van der Waals surface area contributed by atoms with Crippen LogP contribution in [0.1, 0.15) is 11.6 Å². The van der Waals surface area contributed by atoms with Gasteiger partial charge in [0.15, 0.2) is 0 Å². The first kappa shape index (κ1) is 18.6. The van der Waals surface area contributed by atoms with Crippen LogP contribution in [-0.2, 0) is 0 Å². The number of nitrogens with zero attached hydrogens (tertiary/aromatic N) is 3. The van der Waals surface area contributed by atoms with Gasteiger partial charge in [0.25, 0.3) is 0 Å². The number of amides is 2. The Bertz CT molecular complexity index is 734. The molecule has 1 fully saturated rings. The van der Waals surface area contributed by atoms with Crippen molar-refractivity contribution in [2.75, 3.05) is 38.1 Å². The standard InChI is InChI=1S/C18H20ClFN4O2/c19-14-3-1-13(2-4-14)16(12-25)23-7-9-24(10-8-23)18(26)22-17-6-5-15(20)11-21-17/h1-6,11,16,25H,7-10,12H2,(H,21,22,26)/t16-/m0/s1. The summed E-state index contributed by atoms with van der Waals surface area (Å²) in [4.78, 5) is 20.0. The molecule has 1 aliphatic heterocycles. The summed E-state index contributed by atoms with van der Waals surface area (Å²) >= 11 is 5.92. The van der Waals surface area contributed by atoms with Crippen molar-refractivity contribution in [2.24, 2.45) is 0 Å². The Balaban J connectivity index is 1.56. The number of aromatic nitrogens is 1. The number of aliphatic hydroxyl groups excluding tert-OH is 1. The number of carbonyl (C=O) groups excluding carboxylic acids is 1. The molecule has 0 spiro atoms. The molecule has 8 heteroatoms. The Hall–Kier alpha value is -2.22. The fraction of sp³-hybridized carbons (Fsp3) is 0.333. The van der Waals surface area contributed by atoms with Gasteiger partial charge in [-0.1, -0.05) is 23.7 Å². The Kier molecular flexibility index (Phi) is 6.03. The molecule has 1 aromatic heterocycles. The van der Waals surface area contributed by atoms with Gasteiger partial charge < -0.3 is 10.0 Å². The van der Waals surface area contributed by atoms with Crippen molar-refractivity contribution in [2.45, 2.75) is 6.04 Å². The van der Waals surface area contributed by atoms with Crippen LogP contribution in [0, 0.1) is 5.82 Å². The number of pyridine rings is 1. The molecule has 138 valence electrons. The largest absolute Gasteiger partial charge is 0.394 e. The molecule has 26 heavy (non-hydrogen) atoms. The topological polar surface area (TPSA) is 68.7 Å². The zero-order valence-electron chi connectivity index (χ0n) is 14.1. The minimum Gasteiger partial charge on any atom is -0.394 e. The summed E-state index contributed by atoms with van der Waals surface area (Å²) in [5.41, 5.74) is 0.991. The summed E-state index contributed by atoms with van der Waals surface area (Å²) in [5.74, 6) is -0.137. The quantitative estimate of drug-likeness (QED) is 0.858. The van der Waals surface area contributed by atoms with Crippen LogP contribution in [0.2, 0.25) is 5.02 Å². The second-order valence-corrected chi connectivity index (χ2v) is 6.50. The van der Waals surface area contributed by atoms with Gasteiger partial charge in [-0.05, 0) is 29.8 Å². The monoisotopic (exact) mass is 378 g/mol. The van der Waals surface area contributed by atoms with E-state index in [0.717, 1.165) is 11.8 Å². The Morgan fingerprint density at radius 3 is 2.46 bits per heavy atom. The summed E-state index contributed by atoms with van der Waals surface area (Å²) in [6.07, 6.45) is 1.06. The number of anilines is 1. The molecule has 1 saturated heterocycles. The van der Waals surface area contributed by atoms with Gasteiger partial charge in [0.05, 0.1) is 18.8 Å². The van der Waals surface area contributed by atoms with E-state index in [-0.39, 0.29) is 18.7 Å². The van der Waals surface area contributed by atoms with E-state index >= 15 is 0 Å². The Labute approximate surface area is 156 Å². The fourth-order valence-corrected chi connectivity index (χ4v) is 3.12. The average molecular weight is 379 g/mol. The molecule has 2 heterocycles. The highest BCUT2D eigenvalue weighted by molar-refractivity contribution is 6.30. The molecule has 3 rings (SSSR count). The van der Waals surface area contributed by atoms with Crippen molar-refractivity contribution in [3.63, 3.8) is 0 Å². The summed E-state index contributed by atoms with van der Waals surface area (Å²) in [5, 5.41) is 13.1. The highest BCUT2D eigenvalue weighted by atomic mass is 35.5. The summed E-state index contributed by atoms with van der Waals surface area (Å²) < 4.78 is 12.9. The highest BCUT2D eigenvalue weighted by Crippen LogP contribution is 2.23. The van der Waals surface area contributed by atoms with E-state index in [2.05, 4.69) is 15.2 Å². The molecule has 2 aromatic rings. The van der Waals surface area contributed by atoms with E-state index in [9.17, 15) is 14.3 Å². The van der Waals surface area contributed by atoms with Crippen LogP contribution in [0.15, 0.2) is 42.6 Å². The van der Waals surface area contributed by atoms with Crippen molar-refractivity contribution in [3.05, 3.63) is 59.0 Å². The third kappa shape index (κ3) is 4.49. The highest BCUT2D eigenvalue weighted by Gasteiger charge is 2.26. The lowest BCUT2D eigenvalue weighted by Crippen LogP contribution is -2.51. The molecule has 2 N–H and O–H groups in total. The number of hydrogen-bond acceptors (Lipinski definition) is 4. The van der Waals surface area contributed by atoms with Crippen LogP contribution in [0.5, 0.6) is 0 Å². The molecule has 0 saturated carbocycles. The number of piperazine rings is 1. The maximum Gasteiger partial charge on any atom is 0.323 e. The van der Waals surface area contributed by atoms with Crippen LogP contribution in [0.3, 0.4) is 0 Å². The molecule has 1 atom stereocenters. The van der Waals surface area contributed by atoms with Crippen molar-refractivity contribution in [1.82, 2.24) is 14.8 Å². The van der Waals surface area contributed by atoms with Crippen molar-refractivity contribution in [1.29, 1.82) is 0 Å². The number of halogens is 2. The van der Waals surface area contributed by atoms with Crippen LogP contribution in [0.4, 0.5) is 15.0 Å². The van der Waals surface area contributed by atoms with Crippen LogP contribution in [0.25, 0.3) is 0 Å². The summed E-state index contributed by atoms with van der Waals surface area (Å²) in [6, 6.07) is 9.69. The van der Waals surface area contributed by atoms with E-state index in [4.69, 9.17) is 11.6 Å². The van der Waals surface area contributed by atoms with Crippen LogP contribution in [-0.4, -0.2) is 58.7 Å². The molecule has 1 aromatic carbocycles. The number of rotatable bonds is 4. The average Bonchev–Trinajstić information content (AvgIpc) is 2.66. The van der Waals surface area contributed by atoms with Gasteiger partial charge in [0.2, 0.25) is 0 Å². The van der Waals surface area contributed by atoms with Crippen LogP contribution < -0.4 is 5.32 Å². The van der Waals surface area contributed by atoms with Gasteiger partial charge >= 0.3 is 6.03 Å². The van der Waals surface area contributed by atoms with Crippen molar-refractivity contribution >= 4 is 23.4 Å². The molecule has 6 nitrogen and oxygen atoms in total. The number of aliphatic hydroxyl groups is 1. The number of urea groups is 1. The van der Waals surface area contributed by atoms with E-state index in [1.807, 2.05) is 12.1 Å².